The molecule has 5 atom stereocenters. The minimum Gasteiger partial charge on any atom is -0.479 e. The molecule has 0 aliphatic carbocycles. The van der Waals surface area contributed by atoms with Crippen LogP contribution >= 0.6 is 0 Å². The third-order valence-electron chi connectivity index (χ3n) is 1.83. The Kier molecular flexibility index (Phi) is 4.39. The van der Waals surface area contributed by atoms with Crippen molar-refractivity contribution in [2.45, 2.75) is 30.7 Å². The van der Waals surface area contributed by atoms with Crippen LogP contribution < -0.4 is 0 Å². The topological polar surface area (TPSA) is 159 Å². The summed E-state index contributed by atoms with van der Waals surface area (Å²) in [4.78, 5) is 10.4. The van der Waals surface area contributed by atoms with E-state index in [0.29, 0.717) is 0 Å². The molecule has 1 fully saturated rings. The van der Waals surface area contributed by atoms with Crippen molar-refractivity contribution < 1.29 is 40.5 Å². The summed E-state index contributed by atoms with van der Waals surface area (Å²) >= 11 is 0. The largest absolute Gasteiger partial charge is 0.479 e. The van der Waals surface area contributed by atoms with Gasteiger partial charge in [0.1, 0.15) is 18.3 Å². The van der Waals surface area contributed by atoms with Gasteiger partial charge in [-0.05, 0) is 0 Å². The number of carbonyl (C=O) groups is 1. The molecule has 1 rings (SSSR count). The highest BCUT2D eigenvalue weighted by molar-refractivity contribution is 5.73. The minimum atomic E-state index is -1.81. The van der Waals surface area contributed by atoms with E-state index in [1.54, 1.807) is 0 Å². The highest BCUT2D eigenvalue weighted by Crippen LogP contribution is 2.19. The Balaban J connectivity index is 0.00000169. The summed E-state index contributed by atoms with van der Waals surface area (Å²) in [5, 5.41) is 44.4. The van der Waals surface area contributed by atoms with Crippen molar-refractivity contribution in [3.63, 3.8) is 0 Å². The smallest absolute Gasteiger partial charge is 0.335 e. The highest BCUT2D eigenvalue weighted by Gasteiger charge is 2.46. The van der Waals surface area contributed by atoms with Crippen LogP contribution in [0.15, 0.2) is 0 Å². The van der Waals surface area contributed by atoms with E-state index in [1.807, 2.05) is 0 Å². The summed E-state index contributed by atoms with van der Waals surface area (Å²) in [6.45, 7) is 0. The van der Waals surface area contributed by atoms with Crippen LogP contribution in [0, 0.1) is 0 Å². The average molecular weight is 212 g/mol. The van der Waals surface area contributed by atoms with E-state index in [4.69, 9.17) is 25.5 Å². The molecule has 0 aromatic carbocycles. The number of aliphatic carboxylic acids is 1. The second kappa shape index (κ2) is 4.64. The van der Waals surface area contributed by atoms with Crippen LogP contribution in [0.25, 0.3) is 0 Å². The molecule has 0 aromatic heterocycles. The standard InChI is InChI=1S/C6H10O7.H2O/c7-1-2(8)4(5(10)11)13-6(12)3(1)9;/h1-4,6-9,12H,(H,10,11);1H2/t1-,2-,3-,4-,6+;/m0./s1. The normalized spacial score (nSPS) is 42.7. The lowest BCUT2D eigenvalue weighted by molar-refractivity contribution is -0.279. The lowest BCUT2D eigenvalue weighted by Crippen LogP contribution is -2.59. The number of hydrogen-bond acceptors (Lipinski definition) is 6. The summed E-state index contributed by atoms with van der Waals surface area (Å²) < 4.78 is 4.34. The van der Waals surface area contributed by atoms with Crippen LogP contribution in [0.2, 0.25) is 0 Å². The number of carboxylic acid groups (broad SMARTS) is 1. The van der Waals surface area contributed by atoms with Gasteiger partial charge < -0.3 is 35.7 Å². The Morgan fingerprint density at radius 3 is 1.93 bits per heavy atom. The molecule has 0 unspecified atom stereocenters. The molecule has 14 heavy (non-hydrogen) atoms. The van der Waals surface area contributed by atoms with E-state index >= 15 is 0 Å². The summed E-state index contributed by atoms with van der Waals surface area (Å²) in [7, 11) is 0. The lowest BCUT2D eigenvalue weighted by atomic mass is 9.99. The number of aliphatic hydroxyl groups excluding tert-OH is 4. The molecule has 1 heterocycles. The van der Waals surface area contributed by atoms with Crippen molar-refractivity contribution >= 4 is 5.97 Å². The fourth-order valence-electron chi connectivity index (χ4n) is 1.07. The molecule has 0 radical (unpaired) electrons. The molecule has 0 aromatic rings. The van der Waals surface area contributed by atoms with Gasteiger partial charge in [0.15, 0.2) is 12.4 Å². The molecular formula is C6H12O8. The number of carboxylic acids is 1. The minimum absolute atomic E-state index is 0. The lowest BCUT2D eigenvalue weighted by Gasteiger charge is -2.36. The first-order valence-corrected chi connectivity index (χ1v) is 3.55. The van der Waals surface area contributed by atoms with Crippen LogP contribution in [-0.4, -0.2) is 67.7 Å². The number of hydrogen-bond donors (Lipinski definition) is 5. The van der Waals surface area contributed by atoms with E-state index in [-0.39, 0.29) is 5.48 Å². The van der Waals surface area contributed by atoms with Crippen LogP contribution in [0.1, 0.15) is 0 Å². The third kappa shape index (κ3) is 2.18. The van der Waals surface area contributed by atoms with Crippen LogP contribution in [-0.2, 0) is 9.53 Å². The molecule has 0 bridgehead atoms. The maximum absolute atomic E-state index is 10.4. The zero-order valence-electron chi connectivity index (χ0n) is 6.94. The van der Waals surface area contributed by atoms with Gasteiger partial charge in [-0.3, -0.25) is 0 Å². The molecule has 0 spiro atoms. The number of rotatable bonds is 1. The van der Waals surface area contributed by atoms with Gasteiger partial charge in [-0.2, -0.15) is 0 Å². The van der Waals surface area contributed by atoms with Crippen molar-refractivity contribution in [3.8, 4) is 0 Å². The maximum atomic E-state index is 10.4. The van der Waals surface area contributed by atoms with E-state index in [2.05, 4.69) is 4.74 Å². The van der Waals surface area contributed by atoms with E-state index < -0.39 is 36.7 Å². The molecule has 0 amide bonds. The van der Waals surface area contributed by atoms with Gasteiger partial charge in [-0.15, -0.1) is 0 Å². The number of aliphatic hydroxyl groups is 4. The fourth-order valence-corrected chi connectivity index (χ4v) is 1.07. The second-order valence-corrected chi connectivity index (χ2v) is 2.76. The van der Waals surface area contributed by atoms with Gasteiger partial charge in [0, 0.05) is 0 Å². The summed E-state index contributed by atoms with van der Waals surface area (Å²) in [5.74, 6) is -1.52. The van der Waals surface area contributed by atoms with E-state index in [9.17, 15) is 4.79 Å². The summed E-state index contributed by atoms with van der Waals surface area (Å²) in [6, 6.07) is 0. The second-order valence-electron chi connectivity index (χ2n) is 2.76. The zero-order valence-corrected chi connectivity index (χ0v) is 6.94. The Bertz CT molecular complexity index is 206. The summed E-state index contributed by atoms with van der Waals surface area (Å²) in [5.41, 5.74) is 0. The van der Waals surface area contributed by atoms with Crippen molar-refractivity contribution in [3.05, 3.63) is 0 Å². The maximum Gasteiger partial charge on any atom is 0.335 e. The van der Waals surface area contributed by atoms with Crippen molar-refractivity contribution in [2.75, 3.05) is 0 Å². The molecule has 0 saturated carbocycles. The molecule has 1 aliphatic rings. The SMILES string of the molecule is O.O=C(O)[C@H]1O[C@@H](O)[C@@H](O)[C@@H](O)[C@@H]1O. The van der Waals surface area contributed by atoms with Crippen molar-refractivity contribution in [1.82, 2.24) is 0 Å². The Hall–Kier alpha value is -0.770. The molecule has 1 aliphatic heterocycles. The van der Waals surface area contributed by atoms with Gasteiger partial charge in [-0.1, -0.05) is 0 Å². The quantitative estimate of drug-likeness (QED) is 0.296. The Morgan fingerprint density at radius 1 is 1.00 bits per heavy atom. The van der Waals surface area contributed by atoms with Crippen LogP contribution in [0.4, 0.5) is 0 Å². The van der Waals surface area contributed by atoms with Gasteiger partial charge in [0.2, 0.25) is 0 Å². The number of ether oxygens (including phenoxy) is 1. The average Bonchev–Trinajstić information content (AvgIpc) is 2.07. The predicted molar refractivity (Wildman–Crippen MR) is 40.1 cm³/mol. The first kappa shape index (κ1) is 13.2. The first-order chi connectivity index (χ1) is 5.95. The molecule has 84 valence electrons. The van der Waals surface area contributed by atoms with Crippen molar-refractivity contribution in [2.24, 2.45) is 0 Å². The first-order valence-electron chi connectivity index (χ1n) is 3.55. The van der Waals surface area contributed by atoms with E-state index in [0.717, 1.165) is 0 Å². The Labute approximate surface area is 78.3 Å². The molecule has 1 saturated heterocycles. The monoisotopic (exact) mass is 212 g/mol. The predicted octanol–water partition coefficient (Wildman–Crippen LogP) is -3.95. The molecule has 8 nitrogen and oxygen atoms in total. The highest BCUT2D eigenvalue weighted by atomic mass is 16.6. The Morgan fingerprint density at radius 2 is 1.50 bits per heavy atom. The van der Waals surface area contributed by atoms with Crippen LogP contribution in [0.5, 0.6) is 0 Å². The van der Waals surface area contributed by atoms with Gasteiger partial charge in [0.25, 0.3) is 0 Å². The van der Waals surface area contributed by atoms with E-state index in [1.165, 1.54) is 0 Å². The third-order valence-corrected chi connectivity index (χ3v) is 1.83. The van der Waals surface area contributed by atoms with Gasteiger partial charge in [-0.25, -0.2) is 4.79 Å². The van der Waals surface area contributed by atoms with Crippen molar-refractivity contribution in [1.29, 1.82) is 0 Å². The zero-order chi connectivity index (χ0) is 10.2. The molecule has 8 heteroatoms. The fraction of sp³-hybridized carbons (Fsp3) is 0.833. The summed E-state index contributed by atoms with van der Waals surface area (Å²) in [6.07, 6.45) is -8.72. The van der Waals surface area contributed by atoms with Gasteiger partial charge >= 0.3 is 5.97 Å². The molecule has 7 N–H and O–H groups in total. The van der Waals surface area contributed by atoms with Gasteiger partial charge in [0.05, 0.1) is 0 Å². The van der Waals surface area contributed by atoms with Crippen LogP contribution in [0.3, 0.4) is 0 Å². The molecular weight excluding hydrogens is 200 g/mol.